The van der Waals surface area contributed by atoms with Gasteiger partial charge in [-0.1, -0.05) is 17.7 Å². The summed E-state index contributed by atoms with van der Waals surface area (Å²) in [6.45, 7) is 3.28. The standard InChI is InChI=1S/C15H14N4O4S/c1-9-3-5-11(6-4-9)24(22,23)19-17-8-13-10(2)12(7-16)14(20)18-15(13)21/h3-6,8,19H,1-2H3,(H2,18,20,21). The maximum atomic E-state index is 12.1. The Balaban J connectivity index is 2.31. The summed E-state index contributed by atoms with van der Waals surface area (Å²) in [5.41, 5.74) is 0.227. The van der Waals surface area contributed by atoms with Gasteiger partial charge in [0.15, 0.2) is 0 Å². The molecule has 0 amide bonds. The fourth-order valence-corrected chi connectivity index (χ4v) is 2.73. The Hall–Kier alpha value is -3.12. The maximum absolute atomic E-state index is 12.1. The molecule has 1 aromatic heterocycles. The number of H-pyrrole nitrogens is 1. The van der Waals surface area contributed by atoms with Gasteiger partial charge >= 0.3 is 0 Å². The third kappa shape index (κ3) is 3.44. The summed E-state index contributed by atoms with van der Waals surface area (Å²) in [6.07, 6.45) is 1.02. The van der Waals surface area contributed by atoms with Crippen molar-refractivity contribution in [3.63, 3.8) is 0 Å². The Morgan fingerprint density at radius 1 is 1.29 bits per heavy atom. The van der Waals surface area contributed by atoms with E-state index in [0.29, 0.717) is 0 Å². The topological polar surface area (TPSA) is 135 Å². The number of rotatable bonds is 4. The van der Waals surface area contributed by atoms with Crippen molar-refractivity contribution in [2.75, 3.05) is 0 Å². The Morgan fingerprint density at radius 2 is 1.92 bits per heavy atom. The van der Waals surface area contributed by atoms with E-state index in [9.17, 15) is 18.3 Å². The summed E-state index contributed by atoms with van der Waals surface area (Å²) < 4.78 is 24.2. The maximum Gasteiger partial charge on any atom is 0.276 e. The minimum atomic E-state index is -3.86. The summed E-state index contributed by atoms with van der Waals surface area (Å²) in [4.78, 5) is 15.6. The molecule has 0 saturated heterocycles. The van der Waals surface area contributed by atoms with E-state index in [2.05, 4.69) is 10.1 Å². The van der Waals surface area contributed by atoms with Gasteiger partial charge < -0.3 is 5.11 Å². The van der Waals surface area contributed by atoms with Gasteiger partial charge in [-0.3, -0.25) is 9.78 Å². The number of nitrogens with zero attached hydrogens (tertiary/aromatic N) is 2. The van der Waals surface area contributed by atoms with E-state index in [1.54, 1.807) is 18.2 Å². The van der Waals surface area contributed by atoms with Gasteiger partial charge in [-0.15, -0.1) is 0 Å². The Labute approximate surface area is 138 Å². The van der Waals surface area contributed by atoms with Crippen molar-refractivity contribution in [1.82, 2.24) is 9.82 Å². The molecule has 2 aromatic rings. The molecule has 0 aliphatic carbocycles. The molecule has 1 aromatic carbocycles. The Morgan fingerprint density at radius 3 is 2.50 bits per heavy atom. The molecule has 9 heteroatoms. The molecule has 2 rings (SSSR count). The van der Waals surface area contributed by atoms with E-state index in [-0.39, 0.29) is 21.6 Å². The molecule has 0 atom stereocenters. The minimum Gasteiger partial charge on any atom is -0.494 e. The van der Waals surface area contributed by atoms with Crippen LogP contribution >= 0.6 is 0 Å². The number of aromatic amines is 1. The first kappa shape index (κ1) is 17.2. The van der Waals surface area contributed by atoms with Crippen LogP contribution in [0.15, 0.2) is 39.1 Å². The predicted molar refractivity (Wildman–Crippen MR) is 87.3 cm³/mol. The number of pyridine rings is 1. The summed E-state index contributed by atoms with van der Waals surface area (Å²) in [5, 5.41) is 22.3. The molecule has 3 N–H and O–H groups in total. The molecule has 0 saturated carbocycles. The average molecular weight is 346 g/mol. The van der Waals surface area contributed by atoms with Crippen LogP contribution in [0.1, 0.15) is 22.3 Å². The monoisotopic (exact) mass is 346 g/mol. The van der Waals surface area contributed by atoms with E-state index >= 15 is 0 Å². The van der Waals surface area contributed by atoms with Gasteiger partial charge in [0.25, 0.3) is 15.6 Å². The van der Waals surface area contributed by atoms with Gasteiger partial charge in [0, 0.05) is 0 Å². The zero-order chi connectivity index (χ0) is 17.9. The van der Waals surface area contributed by atoms with Gasteiger partial charge in [-0.2, -0.15) is 18.8 Å². The highest BCUT2D eigenvalue weighted by atomic mass is 32.2. The van der Waals surface area contributed by atoms with Crippen molar-refractivity contribution < 1.29 is 13.5 Å². The molecule has 0 spiro atoms. The van der Waals surface area contributed by atoms with Crippen LogP contribution in [-0.4, -0.2) is 24.7 Å². The average Bonchev–Trinajstić information content (AvgIpc) is 2.51. The molecule has 8 nitrogen and oxygen atoms in total. The van der Waals surface area contributed by atoms with Crippen LogP contribution < -0.4 is 10.4 Å². The number of hydrogen-bond donors (Lipinski definition) is 3. The van der Waals surface area contributed by atoms with Crippen LogP contribution in [0.25, 0.3) is 0 Å². The summed E-state index contributed by atoms with van der Waals surface area (Å²) in [5.74, 6) is -0.505. The van der Waals surface area contributed by atoms with Crippen LogP contribution in [0.2, 0.25) is 0 Å². The van der Waals surface area contributed by atoms with E-state index in [0.717, 1.165) is 11.8 Å². The molecule has 0 fully saturated rings. The lowest BCUT2D eigenvalue weighted by Gasteiger charge is -2.06. The first-order valence-corrected chi connectivity index (χ1v) is 8.22. The van der Waals surface area contributed by atoms with Gasteiger partial charge in [0.1, 0.15) is 11.6 Å². The zero-order valence-electron chi connectivity index (χ0n) is 12.9. The second-order valence-corrected chi connectivity index (χ2v) is 6.66. The van der Waals surface area contributed by atoms with Crippen LogP contribution in [0, 0.1) is 25.2 Å². The quantitative estimate of drug-likeness (QED) is 0.558. The fraction of sp³-hybridized carbons (Fsp3) is 0.133. The van der Waals surface area contributed by atoms with Crippen LogP contribution in [0.4, 0.5) is 0 Å². The normalized spacial score (nSPS) is 11.4. The van der Waals surface area contributed by atoms with Crippen molar-refractivity contribution >= 4 is 16.2 Å². The van der Waals surface area contributed by atoms with E-state index in [1.165, 1.54) is 19.1 Å². The number of nitriles is 1. The van der Waals surface area contributed by atoms with Gasteiger partial charge in [-0.05, 0) is 31.5 Å². The molecule has 0 aliphatic heterocycles. The molecular weight excluding hydrogens is 332 g/mol. The number of sulfonamides is 1. The lowest BCUT2D eigenvalue weighted by molar-refractivity contribution is 0.450. The van der Waals surface area contributed by atoms with E-state index in [4.69, 9.17) is 5.26 Å². The number of hydrogen-bond acceptors (Lipinski definition) is 6. The third-order valence-corrected chi connectivity index (χ3v) is 4.54. The molecule has 124 valence electrons. The molecule has 0 radical (unpaired) electrons. The smallest absolute Gasteiger partial charge is 0.276 e. The van der Waals surface area contributed by atoms with E-state index in [1.807, 2.05) is 11.8 Å². The molecule has 1 heterocycles. The Bertz CT molecular complexity index is 999. The van der Waals surface area contributed by atoms with Crippen LogP contribution in [0.5, 0.6) is 5.88 Å². The molecule has 0 unspecified atom stereocenters. The second kappa shape index (κ2) is 6.55. The second-order valence-electron chi connectivity index (χ2n) is 4.99. The number of aryl methyl sites for hydroxylation is 1. The summed E-state index contributed by atoms with van der Waals surface area (Å²) in [6, 6.07) is 7.88. The summed E-state index contributed by atoms with van der Waals surface area (Å²) >= 11 is 0. The number of hydrazone groups is 1. The minimum absolute atomic E-state index is 0.0328. The highest BCUT2D eigenvalue weighted by molar-refractivity contribution is 7.89. The first-order chi connectivity index (χ1) is 11.3. The van der Waals surface area contributed by atoms with Crippen LogP contribution in [0.3, 0.4) is 0 Å². The summed E-state index contributed by atoms with van der Waals surface area (Å²) in [7, 11) is -3.86. The highest BCUT2D eigenvalue weighted by Crippen LogP contribution is 2.16. The molecular formula is C15H14N4O4S. The first-order valence-electron chi connectivity index (χ1n) is 6.73. The molecule has 0 bridgehead atoms. The SMILES string of the molecule is Cc1ccc(S(=O)(=O)NN=Cc2c(O)[nH]c(=O)c(C#N)c2C)cc1. The number of nitrogens with one attached hydrogen (secondary N) is 2. The number of benzene rings is 1. The Kier molecular flexibility index (Phi) is 4.71. The largest absolute Gasteiger partial charge is 0.494 e. The fourth-order valence-electron chi connectivity index (χ4n) is 1.94. The predicted octanol–water partition coefficient (Wildman–Crippen LogP) is 0.881. The lowest BCUT2D eigenvalue weighted by atomic mass is 10.1. The number of aromatic hydroxyl groups is 1. The van der Waals surface area contributed by atoms with Crippen molar-refractivity contribution in [2.24, 2.45) is 5.10 Å². The van der Waals surface area contributed by atoms with Gasteiger partial charge in [-0.25, -0.2) is 4.83 Å². The van der Waals surface area contributed by atoms with E-state index < -0.39 is 21.5 Å². The third-order valence-electron chi connectivity index (χ3n) is 3.30. The highest BCUT2D eigenvalue weighted by Gasteiger charge is 2.14. The van der Waals surface area contributed by atoms with Crippen molar-refractivity contribution in [1.29, 1.82) is 5.26 Å². The van der Waals surface area contributed by atoms with Crippen LogP contribution in [-0.2, 0) is 10.0 Å². The van der Waals surface area contributed by atoms with Crippen molar-refractivity contribution in [2.45, 2.75) is 18.7 Å². The number of aromatic nitrogens is 1. The zero-order valence-corrected chi connectivity index (χ0v) is 13.7. The van der Waals surface area contributed by atoms with Crippen molar-refractivity contribution in [3.05, 3.63) is 56.9 Å². The van der Waals surface area contributed by atoms with Gasteiger partial charge in [0.05, 0.1) is 16.7 Å². The van der Waals surface area contributed by atoms with Gasteiger partial charge in [0.2, 0.25) is 5.88 Å². The van der Waals surface area contributed by atoms with Crippen molar-refractivity contribution in [3.8, 4) is 11.9 Å². The molecule has 0 aliphatic rings. The lowest BCUT2D eigenvalue weighted by Crippen LogP contribution is -2.19. The molecule has 24 heavy (non-hydrogen) atoms.